The molecule has 0 aliphatic carbocycles. The molecule has 1 saturated heterocycles. The van der Waals surface area contributed by atoms with Crippen molar-refractivity contribution < 1.29 is 22.7 Å². The molecule has 2 aliphatic heterocycles. The third-order valence-corrected chi connectivity index (χ3v) is 5.38. The zero-order chi connectivity index (χ0) is 16.4. The highest BCUT2D eigenvalue weighted by Gasteiger charge is 2.34. The van der Waals surface area contributed by atoms with Crippen LogP contribution in [0, 0.1) is 0 Å². The van der Waals surface area contributed by atoms with E-state index in [-0.39, 0.29) is 12.7 Å². The van der Waals surface area contributed by atoms with Crippen LogP contribution in [0.1, 0.15) is 24.8 Å². The maximum absolute atomic E-state index is 12.4. The van der Waals surface area contributed by atoms with Crippen LogP contribution in [0.25, 0.3) is 0 Å². The number of nitrogens with zero attached hydrogens (tertiary/aromatic N) is 1. The Balaban J connectivity index is 1.64. The van der Waals surface area contributed by atoms with Crippen LogP contribution in [-0.4, -0.2) is 44.3 Å². The van der Waals surface area contributed by atoms with Crippen molar-refractivity contribution in [3.05, 3.63) is 23.8 Å². The predicted octanol–water partition coefficient (Wildman–Crippen LogP) is 0.846. The summed E-state index contributed by atoms with van der Waals surface area (Å²) in [4.78, 5) is 12.4. The fraction of sp³-hybridized carbons (Fsp3) is 0.533. The molecular formula is C15H20N2O5S. The molecule has 1 atom stereocenters. The van der Waals surface area contributed by atoms with Gasteiger partial charge in [0.2, 0.25) is 22.7 Å². The lowest BCUT2D eigenvalue weighted by Crippen LogP contribution is -2.51. The molecule has 1 N–H and O–H groups in total. The fourth-order valence-electron chi connectivity index (χ4n) is 2.92. The van der Waals surface area contributed by atoms with E-state index in [1.807, 2.05) is 12.1 Å². The van der Waals surface area contributed by atoms with Gasteiger partial charge < -0.3 is 14.8 Å². The first-order valence-electron chi connectivity index (χ1n) is 7.58. The summed E-state index contributed by atoms with van der Waals surface area (Å²) in [5.74, 6) is 1.09. The van der Waals surface area contributed by atoms with E-state index < -0.39 is 16.1 Å². The van der Waals surface area contributed by atoms with Gasteiger partial charge >= 0.3 is 0 Å². The van der Waals surface area contributed by atoms with Gasteiger partial charge in [-0.3, -0.25) is 4.79 Å². The molecule has 0 aromatic heterocycles. The number of carbonyl (C=O) groups is 1. The molecule has 3 rings (SSSR count). The van der Waals surface area contributed by atoms with Crippen molar-refractivity contribution in [2.75, 3.05) is 19.6 Å². The zero-order valence-corrected chi connectivity index (χ0v) is 13.8. The minimum Gasteiger partial charge on any atom is -0.454 e. The lowest BCUT2D eigenvalue weighted by atomic mass is 10.0. The average Bonchev–Trinajstić information content (AvgIpc) is 2.99. The molecule has 0 unspecified atom stereocenters. The Hall–Kier alpha value is -1.80. The van der Waals surface area contributed by atoms with Gasteiger partial charge in [-0.15, -0.1) is 0 Å². The number of nitrogens with one attached hydrogen (secondary N) is 1. The number of sulfonamides is 1. The van der Waals surface area contributed by atoms with Crippen LogP contribution in [0.4, 0.5) is 0 Å². The highest BCUT2D eigenvalue weighted by Crippen LogP contribution is 2.32. The molecule has 0 bridgehead atoms. The molecule has 1 fully saturated rings. The van der Waals surface area contributed by atoms with Crippen LogP contribution in [0.15, 0.2) is 18.2 Å². The van der Waals surface area contributed by atoms with Gasteiger partial charge in [0, 0.05) is 13.1 Å². The van der Waals surface area contributed by atoms with Crippen LogP contribution >= 0.6 is 0 Å². The van der Waals surface area contributed by atoms with Gasteiger partial charge in [-0.05, 0) is 30.5 Å². The van der Waals surface area contributed by atoms with Crippen molar-refractivity contribution in [1.29, 1.82) is 0 Å². The van der Waals surface area contributed by atoms with E-state index in [4.69, 9.17) is 9.47 Å². The predicted molar refractivity (Wildman–Crippen MR) is 83.6 cm³/mol. The molecule has 0 saturated carbocycles. The molecule has 1 amide bonds. The quantitative estimate of drug-likeness (QED) is 0.878. The van der Waals surface area contributed by atoms with Crippen molar-refractivity contribution in [2.45, 2.75) is 31.8 Å². The lowest BCUT2D eigenvalue weighted by Gasteiger charge is -2.32. The molecular weight excluding hydrogens is 320 g/mol. The van der Waals surface area contributed by atoms with Crippen molar-refractivity contribution in [2.24, 2.45) is 0 Å². The monoisotopic (exact) mass is 340 g/mol. The second kappa shape index (κ2) is 6.37. The van der Waals surface area contributed by atoms with Crippen molar-refractivity contribution in [3.63, 3.8) is 0 Å². The lowest BCUT2D eigenvalue weighted by molar-refractivity contribution is -0.125. The minimum absolute atomic E-state index is 0.205. The van der Waals surface area contributed by atoms with E-state index in [1.54, 1.807) is 6.07 Å². The van der Waals surface area contributed by atoms with Gasteiger partial charge in [-0.2, -0.15) is 4.31 Å². The van der Waals surface area contributed by atoms with Crippen molar-refractivity contribution in [1.82, 2.24) is 9.62 Å². The summed E-state index contributed by atoms with van der Waals surface area (Å²) in [6.07, 6.45) is 3.35. The molecule has 2 heterocycles. The topological polar surface area (TPSA) is 84.9 Å². The Bertz CT molecular complexity index is 704. The highest BCUT2D eigenvalue weighted by atomic mass is 32.2. The fourth-order valence-corrected chi connectivity index (χ4v) is 4.05. The van der Waals surface area contributed by atoms with E-state index in [9.17, 15) is 13.2 Å². The molecule has 7 nitrogen and oxygen atoms in total. The van der Waals surface area contributed by atoms with E-state index in [1.165, 1.54) is 4.31 Å². The van der Waals surface area contributed by atoms with Gasteiger partial charge in [0.25, 0.3) is 0 Å². The first-order valence-corrected chi connectivity index (χ1v) is 9.43. The Morgan fingerprint density at radius 3 is 2.87 bits per heavy atom. The highest BCUT2D eigenvalue weighted by molar-refractivity contribution is 7.88. The molecule has 1 aromatic rings. The summed E-state index contributed by atoms with van der Waals surface area (Å²) in [6, 6.07) is 4.85. The number of hydrogen-bond donors (Lipinski definition) is 1. The van der Waals surface area contributed by atoms with E-state index in [2.05, 4.69) is 5.32 Å². The molecule has 23 heavy (non-hydrogen) atoms. The number of amides is 1. The Morgan fingerprint density at radius 1 is 1.30 bits per heavy atom. The van der Waals surface area contributed by atoms with Gasteiger partial charge in [0.15, 0.2) is 11.5 Å². The summed E-state index contributed by atoms with van der Waals surface area (Å²) in [7, 11) is -3.38. The maximum Gasteiger partial charge on any atom is 0.238 e. The Labute approximate surface area is 135 Å². The molecule has 1 aromatic carbocycles. The molecule has 8 heteroatoms. The average molecular weight is 340 g/mol. The number of benzene rings is 1. The standard InChI is InChI=1S/C15H20N2O5S/c1-23(19,20)17-7-3-2-4-12(17)15(18)16-9-11-5-6-13-14(8-11)22-10-21-13/h5-6,8,12H,2-4,7,9-10H2,1H3,(H,16,18)/t12-/m1/s1. The second-order valence-corrected chi connectivity index (χ2v) is 7.73. The van der Waals surface area contributed by atoms with Crippen LogP contribution in [-0.2, 0) is 21.4 Å². The minimum atomic E-state index is -3.38. The summed E-state index contributed by atoms with van der Waals surface area (Å²) >= 11 is 0. The number of ether oxygens (including phenoxy) is 2. The number of piperidine rings is 1. The smallest absolute Gasteiger partial charge is 0.238 e. The van der Waals surface area contributed by atoms with Crippen molar-refractivity contribution in [3.8, 4) is 11.5 Å². The molecule has 2 aliphatic rings. The van der Waals surface area contributed by atoms with E-state index in [0.717, 1.165) is 24.7 Å². The zero-order valence-electron chi connectivity index (χ0n) is 12.9. The molecule has 0 spiro atoms. The second-order valence-electron chi connectivity index (χ2n) is 5.79. The first kappa shape index (κ1) is 16.1. The van der Waals surface area contributed by atoms with Crippen LogP contribution < -0.4 is 14.8 Å². The Morgan fingerprint density at radius 2 is 2.09 bits per heavy atom. The first-order chi connectivity index (χ1) is 10.9. The van der Waals surface area contributed by atoms with E-state index >= 15 is 0 Å². The van der Waals surface area contributed by atoms with Gasteiger partial charge in [-0.25, -0.2) is 8.42 Å². The number of fused-ring (bicyclic) bond motifs is 1. The van der Waals surface area contributed by atoms with Crippen LogP contribution in [0.5, 0.6) is 11.5 Å². The summed E-state index contributed by atoms with van der Waals surface area (Å²) < 4.78 is 35.5. The van der Waals surface area contributed by atoms with Crippen molar-refractivity contribution >= 4 is 15.9 Å². The van der Waals surface area contributed by atoms with Gasteiger partial charge in [-0.1, -0.05) is 12.5 Å². The van der Waals surface area contributed by atoms with Gasteiger partial charge in [0.05, 0.1) is 6.26 Å². The molecule has 0 radical (unpaired) electrons. The van der Waals surface area contributed by atoms with Crippen LogP contribution in [0.2, 0.25) is 0 Å². The number of hydrogen-bond acceptors (Lipinski definition) is 5. The maximum atomic E-state index is 12.4. The Kier molecular flexibility index (Phi) is 4.45. The summed E-state index contributed by atoms with van der Waals surface area (Å²) in [5, 5.41) is 2.82. The normalized spacial score (nSPS) is 21.2. The molecule has 126 valence electrons. The van der Waals surface area contributed by atoms with E-state index in [0.29, 0.717) is 31.0 Å². The third-order valence-electron chi connectivity index (χ3n) is 4.09. The SMILES string of the molecule is CS(=O)(=O)N1CCCC[C@@H]1C(=O)NCc1ccc2c(c1)OCO2. The summed E-state index contributed by atoms with van der Waals surface area (Å²) in [6.45, 7) is 0.932. The number of carbonyl (C=O) groups excluding carboxylic acids is 1. The largest absolute Gasteiger partial charge is 0.454 e. The van der Waals surface area contributed by atoms with Crippen LogP contribution in [0.3, 0.4) is 0 Å². The summed E-state index contributed by atoms with van der Waals surface area (Å²) in [5.41, 5.74) is 0.879. The third kappa shape index (κ3) is 3.59. The number of rotatable bonds is 4. The van der Waals surface area contributed by atoms with Gasteiger partial charge in [0.1, 0.15) is 6.04 Å².